The monoisotopic (exact) mass is 414 g/mol. The first-order valence-corrected chi connectivity index (χ1v) is 8.12. The van der Waals surface area contributed by atoms with Gasteiger partial charge >= 0.3 is 23.9 Å². The van der Waals surface area contributed by atoms with Crippen LogP contribution in [0.5, 0.6) is 0 Å². The third-order valence-electron chi connectivity index (χ3n) is 2.90. The van der Waals surface area contributed by atoms with Crippen LogP contribution in [0.2, 0.25) is 0 Å². The Balaban J connectivity index is 0. The molecule has 2 N–H and O–H groups in total. The minimum Gasteiger partial charge on any atom is -0.462 e. The zero-order valence-electron chi connectivity index (χ0n) is 16.0. The first-order chi connectivity index (χ1) is 13.7. The van der Waals surface area contributed by atoms with Gasteiger partial charge in [0.1, 0.15) is 26.4 Å². The predicted octanol–water partition coefficient (Wildman–Crippen LogP) is -0.139. The van der Waals surface area contributed by atoms with Crippen LogP contribution in [0.1, 0.15) is 0 Å². The summed E-state index contributed by atoms with van der Waals surface area (Å²) in [5.41, 5.74) is -1.28. The first kappa shape index (κ1) is 28.0. The number of esters is 4. The van der Waals surface area contributed by atoms with Crippen molar-refractivity contribution in [2.45, 2.75) is 0 Å². The van der Waals surface area contributed by atoms with Gasteiger partial charge in [-0.25, -0.2) is 19.2 Å². The molecule has 0 aromatic carbocycles. The fourth-order valence-corrected chi connectivity index (χ4v) is 1.32. The number of rotatable bonds is 13. The zero-order chi connectivity index (χ0) is 22.7. The second-order valence-electron chi connectivity index (χ2n) is 5.19. The molecule has 162 valence electrons. The molecule has 0 amide bonds. The van der Waals surface area contributed by atoms with Crippen molar-refractivity contribution in [2.24, 2.45) is 5.41 Å². The van der Waals surface area contributed by atoms with Crippen LogP contribution in [0, 0.1) is 5.41 Å². The van der Waals surface area contributed by atoms with E-state index in [2.05, 4.69) is 31.1 Å². The van der Waals surface area contributed by atoms with Crippen molar-refractivity contribution < 1.29 is 48.3 Å². The summed E-state index contributed by atoms with van der Waals surface area (Å²) in [5, 5.41) is 17.6. The van der Waals surface area contributed by atoms with E-state index < -0.39 is 35.9 Å². The van der Waals surface area contributed by atoms with Crippen molar-refractivity contribution >= 4 is 23.9 Å². The summed E-state index contributed by atoms with van der Waals surface area (Å²) in [4.78, 5) is 43.4. The molecular formula is C19H26O10. The Bertz CT molecular complexity index is 534. The van der Waals surface area contributed by atoms with Crippen LogP contribution >= 0.6 is 0 Å². The summed E-state index contributed by atoms with van der Waals surface area (Å²) in [7, 11) is 0. The molecule has 0 aromatic heterocycles. The Hall–Kier alpha value is -3.24. The van der Waals surface area contributed by atoms with Gasteiger partial charge in [-0.3, -0.25) is 0 Å². The van der Waals surface area contributed by atoms with Gasteiger partial charge in [-0.1, -0.05) is 26.3 Å². The zero-order valence-corrected chi connectivity index (χ0v) is 16.0. The highest BCUT2D eigenvalue weighted by atomic mass is 16.6. The molecule has 0 heterocycles. The van der Waals surface area contributed by atoms with Crippen LogP contribution in [0.3, 0.4) is 0 Å². The maximum Gasteiger partial charge on any atom is 0.330 e. The average molecular weight is 414 g/mol. The molecule has 0 atom stereocenters. The summed E-state index contributed by atoms with van der Waals surface area (Å²) in [5.74, 6) is -2.67. The van der Waals surface area contributed by atoms with Crippen molar-refractivity contribution in [3.63, 3.8) is 0 Å². The van der Waals surface area contributed by atoms with Crippen LogP contribution in [0.25, 0.3) is 0 Å². The van der Waals surface area contributed by atoms with E-state index in [9.17, 15) is 24.3 Å². The third kappa shape index (κ3) is 14.5. The molecular weight excluding hydrogens is 388 g/mol. The third-order valence-corrected chi connectivity index (χ3v) is 2.90. The Morgan fingerprint density at radius 1 is 0.655 bits per heavy atom. The molecule has 10 heteroatoms. The fraction of sp³-hybridized carbons (Fsp3) is 0.368. The molecule has 0 aromatic rings. The van der Waals surface area contributed by atoms with E-state index >= 15 is 0 Å². The summed E-state index contributed by atoms with van der Waals surface area (Å²) in [6.45, 7) is 11.2. The van der Waals surface area contributed by atoms with E-state index in [4.69, 9.17) is 19.3 Å². The second-order valence-corrected chi connectivity index (χ2v) is 5.19. The predicted molar refractivity (Wildman–Crippen MR) is 101 cm³/mol. The highest BCUT2D eigenvalue weighted by Crippen LogP contribution is 2.19. The van der Waals surface area contributed by atoms with Crippen molar-refractivity contribution in [3.05, 3.63) is 50.6 Å². The summed E-state index contributed by atoms with van der Waals surface area (Å²) in [6, 6.07) is 0. The summed E-state index contributed by atoms with van der Waals surface area (Å²) >= 11 is 0. The van der Waals surface area contributed by atoms with Gasteiger partial charge in [0, 0.05) is 24.3 Å². The molecule has 0 saturated carbocycles. The highest BCUT2D eigenvalue weighted by Gasteiger charge is 2.35. The quantitative estimate of drug-likeness (QED) is 0.237. The number of hydrogen-bond acceptors (Lipinski definition) is 10. The normalized spacial score (nSPS) is 9.59. The number of carbonyl (C=O) groups excluding carboxylic acids is 4. The lowest BCUT2D eigenvalue weighted by molar-refractivity contribution is -0.159. The van der Waals surface area contributed by atoms with E-state index in [1.54, 1.807) is 0 Å². The number of aliphatic hydroxyl groups excluding tert-OH is 2. The summed E-state index contributed by atoms with van der Waals surface area (Å²) < 4.78 is 18.8. The largest absolute Gasteiger partial charge is 0.462 e. The van der Waals surface area contributed by atoms with Gasteiger partial charge in [0.15, 0.2) is 0 Å². The van der Waals surface area contributed by atoms with Gasteiger partial charge in [-0.15, -0.1) is 0 Å². The lowest BCUT2D eigenvalue weighted by atomic mass is 9.92. The van der Waals surface area contributed by atoms with Crippen molar-refractivity contribution in [1.29, 1.82) is 0 Å². The Labute approximate surface area is 168 Å². The molecule has 0 spiro atoms. The number of ether oxygens (including phenoxy) is 4. The van der Waals surface area contributed by atoms with E-state index in [-0.39, 0.29) is 33.0 Å². The molecule has 0 aliphatic rings. The van der Waals surface area contributed by atoms with E-state index in [1.165, 1.54) is 0 Å². The Morgan fingerprint density at radius 2 is 0.966 bits per heavy atom. The molecule has 0 bridgehead atoms. The number of aliphatic hydroxyl groups is 2. The van der Waals surface area contributed by atoms with Crippen LogP contribution in [0.4, 0.5) is 0 Å². The molecule has 0 rings (SSSR count). The van der Waals surface area contributed by atoms with E-state index in [0.717, 1.165) is 24.3 Å². The minimum absolute atomic E-state index is 0.0465. The molecule has 29 heavy (non-hydrogen) atoms. The van der Waals surface area contributed by atoms with Crippen LogP contribution in [-0.4, -0.2) is 73.7 Å². The highest BCUT2D eigenvalue weighted by molar-refractivity contribution is 5.82. The Kier molecular flexibility index (Phi) is 16.3. The average Bonchev–Trinajstić information content (AvgIpc) is 2.76. The SMILES string of the molecule is C=CC(=O)OCC(CO)(COC(=O)C=C)COC(=O)C=C.C=CC(=O)OCCO. The molecule has 0 aliphatic carbocycles. The van der Waals surface area contributed by atoms with Gasteiger partial charge in [-0.2, -0.15) is 0 Å². The smallest absolute Gasteiger partial charge is 0.330 e. The molecule has 0 saturated heterocycles. The standard InChI is InChI=1S/C14H18O7.C5H8O3/c1-4-11(16)19-8-14(7-15,9-20-12(17)5-2)10-21-13(18)6-3;1-2-5(7)8-4-3-6/h4-6,15H,1-3,7-10H2;2,6H,1,3-4H2. The molecule has 0 aliphatic heterocycles. The molecule has 10 nitrogen and oxygen atoms in total. The van der Waals surface area contributed by atoms with Crippen molar-refractivity contribution in [2.75, 3.05) is 39.6 Å². The Morgan fingerprint density at radius 3 is 1.21 bits per heavy atom. The topological polar surface area (TPSA) is 146 Å². The lowest BCUT2D eigenvalue weighted by Gasteiger charge is -2.29. The lowest BCUT2D eigenvalue weighted by Crippen LogP contribution is -2.42. The maximum atomic E-state index is 11.1. The van der Waals surface area contributed by atoms with Crippen molar-refractivity contribution in [1.82, 2.24) is 0 Å². The minimum atomic E-state index is -1.28. The molecule has 0 fully saturated rings. The number of carbonyl (C=O) groups is 4. The van der Waals surface area contributed by atoms with Gasteiger partial charge < -0.3 is 29.2 Å². The number of hydrogen-bond donors (Lipinski definition) is 2. The van der Waals surface area contributed by atoms with Gasteiger partial charge in [0.05, 0.1) is 18.6 Å². The van der Waals surface area contributed by atoms with Crippen LogP contribution in [0.15, 0.2) is 50.6 Å². The van der Waals surface area contributed by atoms with Crippen LogP contribution in [-0.2, 0) is 38.1 Å². The van der Waals surface area contributed by atoms with E-state index in [0.29, 0.717) is 0 Å². The van der Waals surface area contributed by atoms with Crippen molar-refractivity contribution in [3.8, 4) is 0 Å². The van der Waals surface area contributed by atoms with E-state index in [1.807, 2.05) is 0 Å². The van der Waals surface area contributed by atoms with Gasteiger partial charge in [-0.05, 0) is 0 Å². The first-order valence-electron chi connectivity index (χ1n) is 8.12. The van der Waals surface area contributed by atoms with Gasteiger partial charge in [0.25, 0.3) is 0 Å². The fourth-order valence-electron chi connectivity index (χ4n) is 1.32. The van der Waals surface area contributed by atoms with Gasteiger partial charge in [0.2, 0.25) is 0 Å². The summed E-state index contributed by atoms with van der Waals surface area (Å²) in [6.07, 6.45) is 3.87. The molecule has 0 unspecified atom stereocenters. The second kappa shape index (κ2) is 16.9. The molecule has 0 radical (unpaired) electrons. The maximum absolute atomic E-state index is 11.1. The van der Waals surface area contributed by atoms with Crippen LogP contribution < -0.4 is 0 Å².